The van der Waals surface area contributed by atoms with Crippen molar-refractivity contribution in [3.05, 3.63) is 0 Å². The Balaban J connectivity index is 1.40. The van der Waals surface area contributed by atoms with Crippen molar-refractivity contribution in [1.82, 2.24) is 0 Å². The van der Waals surface area contributed by atoms with Crippen LogP contribution < -0.4 is 0 Å². The first-order valence-corrected chi connectivity index (χ1v) is 11.3. The molecular formula is C23H36. The molecule has 0 heterocycles. The molecule has 1 atom stereocenters. The van der Waals surface area contributed by atoms with Crippen molar-refractivity contribution in [2.45, 2.75) is 96.3 Å². The van der Waals surface area contributed by atoms with Crippen LogP contribution in [0.2, 0.25) is 0 Å². The predicted octanol–water partition coefficient (Wildman–Crippen LogP) is 6.59. The van der Waals surface area contributed by atoms with E-state index < -0.39 is 0 Å². The minimum absolute atomic E-state index is 0.844. The standard InChI is InChI=1S/C23H36/c1-4-19(5-1)23(20-6-2-7-20)9-3-8-21(23)22-13-16-10-17(14-22)12-18(11-16)15-22/h16-21H,1-15H2. The van der Waals surface area contributed by atoms with E-state index in [2.05, 4.69) is 0 Å². The van der Waals surface area contributed by atoms with Crippen LogP contribution in [-0.2, 0) is 0 Å². The lowest BCUT2D eigenvalue weighted by Crippen LogP contribution is -2.57. The van der Waals surface area contributed by atoms with Gasteiger partial charge in [-0.25, -0.2) is 0 Å². The molecule has 0 nitrogen and oxygen atoms in total. The molecule has 7 saturated carbocycles. The minimum atomic E-state index is 0.844. The Hall–Kier alpha value is 0. The molecule has 128 valence electrons. The van der Waals surface area contributed by atoms with Crippen LogP contribution >= 0.6 is 0 Å². The van der Waals surface area contributed by atoms with E-state index in [1.165, 1.54) is 5.92 Å². The van der Waals surface area contributed by atoms with Gasteiger partial charge in [0.05, 0.1) is 0 Å². The molecule has 7 aliphatic carbocycles. The zero-order valence-corrected chi connectivity index (χ0v) is 15.1. The van der Waals surface area contributed by atoms with Gasteiger partial charge in [0.2, 0.25) is 0 Å². The lowest BCUT2D eigenvalue weighted by molar-refractivity contribution is -0.159. The van der Waals surface area contributed by atoms with Gasteiger partial charge in [-0.3, -0.25) is 0 Å². The summed E-state index contributed by atoms with van der Waals surface area (Å²) >= 11 is 0. The summed E-state index contributed by atoms with van der Waals surface area (Å²) in [7, 11) is 0. The monoisotopic (exact) mass is 312 g/mol. The third-order valence-corrected chi connectivity index (χ3v) is 10.3. The first kappa shape index (κ1) is 14.2. The molecule has 0 aromatic rings. The van der Waals surface area contributed by atoms with Crippen LogP contribution in [0.25, 0.3) is 0 Å². The van der Waals surface area contributed by atoms with Crippen molar-refractivity contribution in [1.29, 1.82) is 0 Å². The molecule has 0 aromatic carbocycles. The second kappa shape index (κ2) is 4.79. The molecule has 7 aliphatic rings. The fourth-order valence-corrected chi connectivity index (χ4v) is 9.74. The van der Waals surface area contributed by atoms with E-state index in [0.29, 0.717) is 0 Å². The van der Waals surface area contributed by atoms with Crippen molar-refractivity contribution in [3.63, 3.8) is 0 Å². The molecule has 0 N–H and O–H groups in total. The molecule has 0 aliphatic heterocycles. The number of rotatable bonds is 3. The van der Waals surface area contributed by atoms with Crippen LogP contribution in [0, 0.1) is 46.3 Å². The Labute approximate surface area is 143 Å². The van der Waals surface area contributed by atoms with E-state index in [1.54, 1.807) is 96.3 Å². The summed E-state index contributed by atoms with van der Waals surface area (Å²) in [6.07, 6.45) is 24.4. The van der Waals surface area contributed by atoms with Gasteiger partial charge < -0.3 is 0 Å². The normalized spacial score (nSPS) is 51.7. The van der Waals surface area contributed by atoms with Gasteiger partial charge in [-0.05, 0) is 123 Å². The third-order valence-electron chi connectivity index (χ3n) is 10.3. The summed E-state index contributed by atoms with van der Waals surface area (Å²) in [6.45, 7) is 0. The van der Waals surface area contributed by atoms with Gasteiger partial charge in [0.15, 0.2) is 0 Å². The summed E-state index contributed by atoms with van der Waals surface area (Å²) in [4.78, 5) is 0. The van der Waals surface area contributed by atoms with E-state index in [1.807, 2.05) is 0 Å². The molecule has 0 aromatic heterocycles. The SMILES string of the molecule is C1CC(C2(C3CCC3)CCCC2C23CC4CC(CC(C4)C2)C3)C1. The van der Waals surface area contributed by atoms with E-state index in [-0.39, 0.29) is 0 Å². The lowest BCUT2D eigenvalue weighted by atomic mass is 9.39. The molecule has 0 heteroatoms. The summed E-state index contributed by atoms with van der Waals surface area (Å²) in [5.74, 6) is 6.95. The van der Waals surface area contributed by atoms with Crippen molar-refractivity contribution in [2.24, 2.45) is 46.3 Å². The molecule has 7 fully saturated rings. The van der Waals surface area contributed by atoms with Crippen molar-refractivity contribution >= 4 is 0 Å². The zero-order valence-electron chi connectivity index (χ0n) is 15.1. The van der Waals surface area contributed by atoms with Crippen LogP contribution in [0.3, 0.4) is 0 Å². The van der Waals surface area contributed by atoms with Crippen LogP contribution in [0.5, 0.6) is 0 Å². The summed E-state index contributed by atoms with van der Waals surface area (Å²) in [6, 6.07) is 0. The maximum atomic E-state index is 1.67. The van der Waals surface area contributed by atoms with Gasteiger partial charge in [-0.2, -0.15) is 0 Å². The molecule has 4 bridgehead atoms. The molecule has 0 spiro atoms. The molecule has 23 heavy (non-hydrogen) atoms. The van der Waals surface area contributed by atoms with Crippen LogP contribution in [0.15, 0.2) is 0 Å². The Kier molecular flexibility index (Phi) is 2.96. The maximum Gasteiger partial charge on any atom is -0.0207 e. The maximum absolute atomic E-state index is 1.67. The van der Waals surface area contributed by atoms with E-state index in [9.17, 15) is 0 Å². The van der Waals surface area contributed by atoms with Crippen molar-refractivity contribution in [2.75, 3.05) is 0 Å². The van der Waals surface area contributed by atoms with E-state index in [4.69, 9.17) is 0 Å². The second-order valence-electron chi connectivity index (χ2n) is 11.1. The smallest absolute Gasteiger partial charge is 0.0207 e. The lowest BCUT2D eigenvalue weighted by Gasteiger charge is -2.65. The van der Waals surface area contributed by atoms with Gasteiger partial charge in [-0.15, -0.1) is 0 Å². The largest absolute Gasteiger partial charge is 0.0527 e. The Morgan fingerprint density at radius 2 is 1.09 bits per heavy atom. The van der Waals surface area contributed by atoms with Gasteiger partial charge in [0.25, 0.3) is 0 Å². The average molecular weight is 313 g/mol. The highest BCUT2D eigenvalue weighted by Crippen LogP contribution is 2.73. The quantitative estimate of drug-likeness (QED) is 0.551. The fraction of sp³-hybridized carbons (Fsp3) is 1.00. The van der Waals surface area contributed by atoms with Crippen LogP contribution in [0.1, 0.15) is 96.3 Å². The highest BCUT2D eigenvalue weighted by atomic mass is 14.7. The summed E-state index contributed by atoms with van der Waals surface area (Å²) in [5.41, 5.74) is 1.69. The topological polar surface area (TPSA) is 0 Å². The first-order valence-electron chi connectivity index (χ1n) is 11.3. The number of hydrogen-bond donors (Lipinski definition) is 0. The minimum Gasteiger partial charge on any atom is -0.0527 e. The number of hydrogen-bond acceptors (Lipinski definition) is 0. The highest BCUT2D eigenvalue weighted by Gasteiger charge is 2.64. The van der Waals surface area contributed by atoms with E-state index in [0.717, 1.165) is 40.4 Å². The first-order chi connectivity index (χ1) is 11.3. The molecular weight excluding hydrogens is 276 g/mol. The molecule has 1 unspecified atom stereocenters. The Morgan fingerprint density at radius 3 is 1.52 bits per heavy atom. The van der Waals surface area contributed by atoms with Gasteiger partial charge >= 0.3 is 0 Å². The predicted molar refractivity (Wildman–Crippen MR) is 95.1 cm³/mol. The van der Waals surface area contributed by atoms with Gasteiger partial charge in [0.1, 0.15) is 0 Å². The zero-order chi connectivity index (χ0) is 15.1. The van der Waals surface area contributed by atoms with Crippen LogP contribution in [0.4, 0.5) is 0 Å². The molecule has 0 amide bonds. The molecule has 7 rings (SSSR count). The second-order valence-corrected chi connectivity index (χ2v) is 11.1. The molecule has 0 radical (unpaired) electrons. The Bertz CT molecular complexity index is 431. The van der Waals surface area contributed by atoms with E-state index >= 15 is 0 Å². The fourth-order valence-electron chi connectivity index (χ4n) is 9.74. The van der Waals surface area contributed by atoms with Crippen molar-refractivity contribution < 1.29 is 0 Å². The summed E-state index contributed by atoms with van der Waals surface area (Å²) < 4.78 is 0. The van der Waals surface area contributed by atoms with Gasteiger partial charge in [-0.1, -0.05) is 19.3 Å². The van der Waals surface area contributed by atoms with Crippen LogP contribution in [-0.4, -0.2) is 0 Å². The Morgan fingerprint density at radius 1 is 0.565 bits per heavy atom. The van der Waals surface area contributed by atoms with Gasteiger partial charge in [0, 0.05) is 0 Å². The molecule has 0 saturated heterocycles. The highest BCUT2D eigenvalue weighted by molar-refractivity contribution is 5.13. The third kappa shape index (κ3) is 1.80. The average Bonchev–Trinajstić information content (AvgIpc) is 2.78. The summed E-state index contributed by atoms with van der Waals surface area (Å²) in [5, 5.41) is 0. The van der Waals surface area contributed by atoms with Crippen molar-refractivity contribution in [3.8, 4) is 0 Å².